The van der Waals surface area contributed by atoms with Gasteiger partial charge in [0.2, 0.25) is 5.91 Å². The maximum Gasteiger partial charge on any atom is 0.220 e. The number of rotatable bonds is 8. The molecule has 0 aliphatic heterocycles. The molecular formula is C18H20ClNO4S. The quantitative estimate of drug-likeness (QED) is 0.694. The first-order valence-corrected chi connectivity index (χ1v) is 8.94. The van der Waals surface area contributed by atoms with Crippen molar-refractivity contribution in [2.75, 3.05) is 14.2 Å². The van der Waals surface area contributed by atoms with Crippen LogP contribution in [0.1, 0.15) is 41.0 Å². The molecule has 1 N–H and O–H groups in total. The van der Waals surface area contributed by atoms with Crippen LogP contribution in [0.4, 0.5) is 0 Å². The number of Topliss-reactive ketones (excluding diaryl/α,β-unsaturated/α-hetero) is 1. The second-order valence-corrected chi connectivity index (χ2v) is 7.15. The Balaban J connectivity index is 1.90. The van der Waals surface area contributed by atoms with E-state index in [0.717, 1.165) is 5.56 Å². The van der Waals surface area contributed by atoms with Gasteiger partial charge < -0.3 is 14.8 Å². The summed E-state index contributed by atoms with van der Waals surface area (Å²) in [4.78, 5) is 24.7. The summed E-state index contributed by atoms with van der Waals surface area (Å²) in [5.41, 5.74) is 0.891. The van der Waals surface area contributed by atoms with Gasteiger partial charge in [-0.1, -0.05) is 17.7 Å². The van der Waals surface area contributed by atoms with E-state index in [-0.39, 0.29) is 30.6 Å². The van der Waals surface area contributed by atoms with Gasteiger partial charge in [0, 0.05) is 12.8 Å². The molecule has 1 atom stereocenters. The van der Waals surface area contributed by atoms with Crippen LogP contribution in [-0.2, 0) is 4.79 Å². The van der Waals surface area contributed by atoms with Crippen molar-refractivity contribution < 1.29 is 19.1 Å². The normalized spacial score (nSPS) is 11.7. The summed E-state index contributed by atoms with van der Waals surface area (Å²) < 4.78 is 11.0. The number of benzene rings is 1. The Morgan fingerprint density at radius 3 is 2.44 bits per heavy atom. The molecule has 0 aliphatic carbocycles. The van der Waals surface area contributed by atoms with Crippen LogP contribution < -0.4 is 14.8 Å². The molecule has 0 radical (unpaired) electrons. The van der Waals surface area contributed by atoms with E-state index in [1.165, 1.54) is 11.3 Å². The molecule has 1 unspecified atom stereocenters. The van der Waals surface area contributed by atoms with Crippen molar-refractivity contribution >= 4 is 34.6 Å². The van der Waals surface area contributed by atoms with Gasteiger partial charge in [-0.05, 0) is 36.8 Å². The number of thiophene rings is 1. The molecule has 0 spiro atoms. The van der Waals surface area contributed by atoms with E-state index in [1.807, 2.05) is 19.1 Å². The van der Waals surface area contributed by atoms with Gasteiger partial charge in [0.05, 0.1) is 29.5 Å². The third-order valence-electron chi connectivity index (χ3n) is 3.71. The summed E-state index contributed by atoms with van der Waals surface area (Å²) in [6, 6.07) is 8.63. The highest BCUT2D eigenvalue weighted by molar-refractivity contribution is 7.18. The van der Waals surface area contributed by atoms with Crippen LogP contribution in [0.2, 0.25) is 4.34 Å². The van der Waals surface area contributed by atoms with Gasteiger partial charge in [-0.3, -0.25) is 9.59 Å². The van der Waals surface area contributed by atoms with Crippen molar-refractivity contribution in [3.8, 4) is 11.5 Å². The highest BCUT2D eigenvalue weighted by atomic mass is 35.5. The lowest BCUT2D eigenvalue weighted by Gasteiger charge is -2.16. The summed E-state index contributed by atoms with van der Waals surface area (Å²) in [5, 5.41) is 2.89. The molecule has 25 heavy (non-hydrogen) atoms. The number of amides is 1. The summed E-state index contributed by atoms with van der Waals surface area (Å²) >= 11 is 7.04. The molecule has 2 aromatic rings. The standard InChI is InChI=1S/C18H20ClNO4S/c1-11(12-4-6-14(23-2)15(10-12)24-3)20-18(22)9-5-13(21)16-7-8-17(19)25-16/h4,6-8,10-11H,5,9H2,1-3H3,(H,20,22). The van der Waals surface area contributed by atoms with Crippen LogP contribution in [-0.4, -0.2) is 25.9 Å². The molecule has 0 saturated heterocycles. The van der Waals surface area contributed by atoms with Crippen molar-refractivity contribution in [3.63, 3.8) is 0 Å². The number of hydrogen-bond donors (Lipinski definition) is 1. The maximum absolute atomic E-state index is 12.1. The minimum atomic E-state index is -0.210. The monoisotopic (exact) mass is 381 g/mol. The van der Waals surface area contributed by atoms with Crippen molar-refractivity contribution in [3.05, 3.63) is 45.1 Å². The van der Waals surface area contributed by atoms with E-state index in [1.54, 1.807) is 32.4 Å². The number of halogens is 1. The largest absolute Gasteiger partial charge is 0.493 e. The number of methoxy groups -OCH3 is 2. The summed E-state index contributed by atoms with van der Waals surface area (Å²) in [6.45, 7) is 1.88. The Morgan fingerprint density at radius 2 is 1.84 bits per heavy atom. The third kappa shape index (κ3) is 5.21. The fourth-order valence-corrected chi connectivity index (χ4v) is 3.34. The molecule has 0 bridgehead atoms. The molecule has 1 heterocycles. The number of hydrogen-bond acceptors (Lipinski definition) is 5. The molecule has 1 aromatic carbocycles. The zero-order valence-corrected chi connectivity index (χ0v) is 15.9. The predicted molar refractivity (Wildman–Crippen MR) is 99.0 cm³/mol. The van der Waals surface area contributed by atoms with Crippen LogP contribution in [0.25, 0.3) is 0 Å². The molecule has 0 fully saturated rings. The van der Waals surface area contributed by atoms with Gasteiger partial charge in [0.15, 0.2) is 17.3 Å². The van der Waals surface area contributed by atoms with Crippen molar-refractivity contribution in [1.29, 1.82) is 0 Å². The first kappa shape index (κ1) is 19.3. The van der Waals surface area contributed by atoms with Crippen LogP contribution in [0, 0.1) is 0 Å². The van der Waals surface area contributed by atoms with Gasteiger partial charge in [-0.15, -0.1) is 11.3 Å². The predicted octanol–water partition coefficient (Wildman–Crippen LogP) is 4.26. The zero-order valence-electron chi connectivity index (χ0n) is 14.3. The lowest BCUT2D eigenvalue weighted by molar-refractivity contribution is -0.121. The van der Waals surface area contributed by atoms with E-state index >= 15 is 0 Å². The fraction of sp³-hybridized carbons (Fsp3) is 0.333. The molecule has 0 saturated carbocycles. The van der Waals surface area contributed by atoms with E-state index in [2.05, 4.69) is 5.32 Å². The summed E-state index contributed by atoms with van der Waals surface area (Å²) in [7, 11) is 3.13. The van der Waals surface area contributed by atoms with E-state index in [4.69, 9.17) is 21.1 Å². The minimum Gasteiger partial charge on any atom is -0.493 e. The fourth-order valence-electron chi connectivity index (χ4n) is 2.33. The molecule has 2 rings (SSSR count). The van der Waals surface area contributed by atoms with Crippen LogP contribution in [0.15, 0.2) is 30.3 Å². The molecule has 7 heteroatoms. The van der Waals surface area contributed by atoms with Crippen molar-refractivity contribution in [1.82, 2.24) is 5.32 Å². The first-order chi connectivity index (χ1) is 11.9. The van der Waals surface area contributed by atoms with Gasteiger partial charge in [0.1, 0.15) is 0 Å². The Hall–Kier alpha value is -2.05. The van der Waals surface area contributed by atoms with Crippen molar-refractivity contribution in [2.24, 2.45) is 0 Å². The average Bonchev–Trinajstić information content (AvgIpc) is 3.05. The maximum atomic E-state index is 12.1. The van der Waals surface area contributed by atoms with Crippen LogP contribution in [0.5, 0.6) is 11.5 Å². The lowest BCUT2D eigenvalue weighted by atomic mass is 10.1. The molecule has 5 nitrogen and oxygen atoms in total. The molecular weight excluding hydrogens is 362 g/mol. The van der Waals surface area contributed by atoms with Crippen LogP contribution in [0.3, 0.4) is 0 Å². The SMILES string of the molecule is COc1ccc(C(C)NC(=O)CCC(=O)c2ccc(Cl)s2)cc1OC. The van der Waals surface area contributed by atoms with Gasteiger partial charge >= 0.3 is 0 Å². The van der Waals surface area contributed by atoms with Gasteiger partial charge in [0.25, 0.3) is 0 Å². The van der Waals surface area contributed by atoms with Gasteiger partial charge in [-0.25, -0.2) is 0 Å². The van der Waals surface area contributed by atoms with E-state index < -0.39 is 0 Å². The summed E-state index contributed by atoms with van der Waals surface area (Å²) in [6.07, 6.45) is 0.285. The molecule has 134 valence electrons. The summed E-state index contributed by atoms with van der Waals surface area (Å²) in [5.74, 6) is 0.972. The lowest BCUT2D eigenvalue weighted by Crippen LogP contribution is -2.26. The van der Waals surface area contributed by atoms with E-state index in [9.17, 15) is 9.59 Å². The Labute approximate surface area is 155 Å². The number of carbonyl (C=O) groups excluding carboxylic acids is 2. The smallest absolute Gasteiger partial charge is 0.220 e. The Morgan fingerprint density at radius 1 is 1.12 bits per heavy atom. The average molecular weight is 382 g/mol. The minimum absolute atomic E-state index is 0.0779. The van der Waals surface area contributed by atoms with Crippen molar-refractivity contribution in [2.45, 2.75) is 25.8 Å². The Kier molecular flexibility index (Phi) is 6.84. The highest BCUT2D eigenvalue weighted by Gasteiger charge is 2.15. The topological polar surface area (TPSA) is 64.6 Å². The van der Waals surface area contributed by atoms with Crippen LogP contribution >= 0.6 is 22.9 Å². The second-order valence-electron chi connectivity index (χ2n) is 5.43. The molecule has 1 amide bonds. The van der Waals surface area contributed by atoms with E-state index in [0.29, 0.717) is 20.7 Å². The number of carbonyl (C=O) groups is 2. The molecule has 1 aromatic heterocycles. The molecule has 0 aliphatic rings. The number of ether oxygens (including phenoxy) is 2. The highest BCUT2D eigenvalue weighted by Crippen LogP contribution is 2.30. The second kappa shape index (κ2) is 8.87. The van der Waals surface area contributed by atoms with Gasteiger partial charge in [-0.2, -0.15) is 0 Å². The third-order valence-corrected chi connectivity index (χ3v) is 4.98. The number of ketones is 1. The zero-order chi connectivity index (χ0) is 18.4. The first-order valence-electron chi connectivity index (χ1n) is 7.74. The Bertz CT molecular complexity index is 759. The number of nitrogens with one attached hydrogen (secondary N) is 1.